The van der Waals surface area contributed by atoms with Crippen LogP contribution in [0.4, 0.5) is 5.69 Å². The molecule has 0 spiro atoms. The Kier molecular flexibility index (Phi) is 5.92. The minimum Gasteiger partial charge on any atom is -0.325 e. The van der Waals surface area contributed by atoms with Gasteiger partial charge in [0.05, 0.1) is 17.8 Å². The highest BCUT2D eigenvalue weighted by atomic mass is 35.5. The fourth-order valence-corrected chi connectivity index (χ4v) is 5.28. The number of hydrogen-bond donors (Lipinski definition) is 1. The van der Waals surface area contributed by atoms with Crippen LogP contribution in [0.5, 0.6) is 0 Å². The number of anilines is 1. The summed E-state index contributed by atoms with van der Waals surface area (Å²) in [4.78, 5) is 25.8. The molecule has 5 aromatic rings. The number of fused-ring (bicyclic) bond motifs is 3. The lowest BCUT2D eigenvalue weighted by atomic mass is 10.2. The van der Waals surface area contributed by atoms with E-state index in [9.17, 15) is 9.59 Å². The van der Waals surface area contributed by atoms with Gasteiger partial charge >= 0.3 is 0 Å². The Labute approximate surface area is 202 Å². The average Bonchev–Trinajstić information content (AvgIpc) is 3.45. The number of hydrogen-bond acceptors (Lipinski definition) is 6. The topological polar surface area (TPSA) is 81.3 Å². The molecule has 0 radical (unpaired) electrons. The van der Waals surface area contributed by atoms with E-state index >= 15 is 0 Å². The van der Waals surface area contributed by atoms with Gasteiger partial charge in [-0.05, 0) is 41.6 Å². The van der Waals surface area contributed by atoms with E-state index < -0.39 is 0 Å². The molecule has 0 aliphatic rings. The van der Waals surface area contributed by atoms with Crippen molar-refractivity contribution in [1.29, 1.82) is 0 Å². The molecule has 0 aliphatic carbocycles. The van der Waals surface area contributed by atoms with Crippen LogP contribution >= 0.6 is 34.7 Å². The molecule has 3 aromatic heterocycles. The number of carbonyl (C=O) groups excluding carboxylic acids is 1. The summed E-state index contributed by atoms with van der Waals surface area (Å²) in [5.74, 6) is 0.403. The number of carbonyl (C=O) groups is 1. The van der Waals surface area contributed by atoms with Crippen LogP contribution in [0.3, 0.4) is 0 Å². The molecule has 7 nitrogen and oxygen atoms in total. The van der Waals surface area contributed by atoms with Gasteiger partial charge in [0.2, 0.25) is 11.7 Å². The van der Waals surface area contributed by atoms with Gasteiger partial charge in [0.15, 0.2) is 5.16 Å². The molecular formula is C23H18ClN5O2S2. The standard InChI is InChI=1S/C23H18ClN5O2S2/c1-14-7-8-16(24)11-17(14)25-19(30)13-33-23-27-26-22-28(12-15-5-3-2-4-6-15)21(31)20-18(29(22)23)9-10-32-20/h2-11H,12-13H2,1H3,(H,25,30). The van der Waals surface area contributed by atoms with Crippen LogP contribution in [0.2, 0.25) is 5.02 Å². The first-order chi connectivity index (χ1) is 16.0. The summed E-state index contributed by atoms with van der Waals surface area (Å²) in [6, 6.07) is 17.0. The van der Waals surface area contributed by atoms with E-state index in [1.54, 1.807) is 16.7 Å². The average molecular weight is 496 g/mol. The van der Waals surface area contributed by atoms with Crippen molar-refractivity contribution >= 4 is 62.3 Å². The highest BCUT2D eigenvalue weighted by Crippen LogP contribution is 2.25. The second-order valence-electron chi connectivity index (χ2n) is 7.43. The number of rotatable bonds is 6. The Balaban J connectivity index is 1.46. The van der Waals surface area contributed by atoms with Crippen molar-refractivity contribution in [1.82, 2.24) is 19.2 Å². The third-order valence-corrected chi connectivity index (χ3v) is 7.23. The predicted octanol–water partition coefficient (Wildman–Crippen LogP) is 4.85. The van der Waals surface area contributed by atoms with E-state index in [0.717, 1.165) is 16.6 Å². The lowest BCUT2D eigenvalue weighted by molar-refractivity contribution is -0.113. The van der Waals surface area contributed by atoms with Crippen molar-refractivity contribution < 1.29 is 4.79 Å². The molecule has 10 heteroatoms. The molecule has 0 bridgehead atoms. The summed E-state index contributed by atoms with van der Waals surface area (Å²) in [7, 11) is 0. The Bertz CT molecular complexity index is 1540. The van der Waals surface area contributed by atoms with Gasteiger partial charge in [0.1, 0.15) is 4.70 Å². The summed E-state index contributed by atoms with van der Waals surface area (Å²) >= 11 is 8.70. The molecule has 166 valence electrons. The van der Waals surface area contributed by atoms with Crippen LogP contribution in [-0.2, 0) is 11.3 Å². The van der Waals surface area contributed by atoms with Crippen molar-refractivity contribution in [2.75, 3.05) is 11.1 Å². The van der Waals surface area contributed by atoms with Crippen molar-refractivity contribution in [3.8, 4) is 0 Å². The van der Waals surface area contributed by atoms with Crippen molar-refractivity contribution in [3.05, 3.63) is 86.5 Å². The summed E-state index contributed by atoms with van der Waals surface area (Å²) in [6.45, 7) is 2.29. The molecule has 3 heterocycles. The largest absolute Gasteiger partial charge is 0.325 e. The minimum atomic E-state index is -0.179. The number of benzene rings is 2. The van der Waals surface area contributed by atoms with E-state index in [-0.39, 0.29) is 17.2 Å². The zero-order valence-corrected chi connectivity index (χ0v) is 19.9. The maximum atomic E-state index is 13.2. The fraction of sp³-hybridized carbons (Fsp3) is 0.130. The van der Waals surface area contributed by atoms with Gasteiger partial charge in [-0.3, -0.25) is 18.6 Å². The monoisotopic (exact) mass is 495 g/mol. The molecular weight excluding hydrogens is 478 g/mol. The highest BCUT2D eigenvalue weighted by molar-refractivity contribution is 7.99. The van der Waals surface area contributed by atoms with Gasteiger partial charge in [-0.25, -0.2) is 0 Å². The number of thioether (sulfide) groups is 1. The van der Waals surface area contributed by atoms with Gasteiger partial charge in [0.25, 0.3) is 5.56 Å². The van der Waals surface area contributed by atoms with Crippen LogP contribution in [0.1, 0.15) is 11.1 Å². The number of amides is 1. The molecule has 33 heavy (non-hydrogen) atoms. The first kappa shape index (κ1) is 21.7. The van der Waals surface area contributed by atoms with Crippen LogP contribution in [-0.4, -0.2) is 30.8 Å². The van der Waals surface area contributed by atoms with E-state index in [1.807, 2.05) is 59.2 Å². The number of nitrogens with one attached hydrogen (secondary N) is 1. The van der Waals surface area contributed by atoms with Crippen molar-refractivity contribution in [2.45, 2.75) is 18.6 Å². The van der Waals surface area contributed by atoms with Crippen LogP contribution in [0.15, 0.2) is 69.9 Å². The Hall–Kier alpha value is -3.14. The number of aromatic nitrogens is 4. The second-order valence-corrected chi connectivity index (χ2v) is 9.72. The summed E-state index contributed by atoms with van der Waals surface area (Å²) < 4.78 is 4.10. The highest BCUT2D eigenvalue weighted by Gasteiger charge is 2.19. The van der Waals surface area contributed by atoms with E-state index in [1.165, 1.54) is 23.1 Å². The number of nitrogens with zero attached hydrogens (tertiary/aromatic N) is 4. The maximum absolute atomic E-state index is 13.2. The normalized spacial score (nSPS) is 11.3. The first-order valence-electron chi connectivity index (χ1n) is 10.1. The van der Waals surface area contributed by atoms with Gasteiger partial charge < -0.3 is 5.32 Å². The molecule has 0 fully saturated rings. The molecule has 5 rings (SSSR count). The lowest BCUT2D eigenvalue weighted by Gasteiger charge is -2.10. The SMILES string of the molecule is Cc1ccc(Cl)cc1NC(=O)CSc1nnc2n(Cc3ccccc3)c(=O)c3sccc3n12. The molecule has 1 N–H and O–H groups in total. The zero-order chi connectivity index (χ0) is 22.9. The van der Waals surface area contributed by atoms with Crippen LogP contribution < -0.4 is 10.9 Å². The number of thiophene rings is 1. The Morgan fingerprint density at radius 2 is 1.97 bits per heavy atom. The summed E-state index contributed by atoms with van der Waals surface area (Å²) in [5.41, 5.74) is 3.23. The molecule has 0 atom stereocenters. The molecule has 2 aromatic carbocycles. The van der Waals surface area contributed by atoms with Crippen LogP contribution in [0, 0.1) is 6.92 Å². The summed E-state index contributed by atoms with van der Waals surface area (Å²) in [5, 5.41) is 14.5. The van der Waals surface area contributed by atoms with Gasteiger partial charge in [-0.1, -0.05) is 59.8 Å². The number of aryl methyl sites for hydroxylation is 1. The van der Waals surface area contributed by atoms with Gasteiger partial charge in [-0.15, -0.1) is 21.5 Å². The summed E-state index contributed by atoms with van der Waals surface area (Å²) in [6.07, 6.45) is 0. The quantitative estimate of drug-likeness (QED) is 0.341. The van der Waals surface area contributed by atoms with Gasteiger partial charge in [0, 0.05) is 10.7 Å². The number of halogens is 1. The third kappa shape index (κ3) is 4.27. The van der Waals surface area contributed by atoms with Crippen LogP contribution in [0.25, 0.3) is 16.0 Å². The predicted molar refractivity (Wildman–Crippen MR) is 134 cm³/mol. The minimum absolute atomic E-state index is 0.102. The Morgan fingerprint density at radius 3 is 2.79 bits per heavy atom. The molecule has 0 aliphatic heterocycles. The van der Waals surface area contributed by atoms with E-state index in [4.69, 9.17) is 11.6 Å². The zero-order valence-electron chi connectivity index (χ0n) is 17.5. The maximum Gasteiger partial charge on any atom is 0.273 e. The Morgan fingerprint density at radius 1 is 1.15 bits per heavy atom. The molecule has 0 saturated heterocycles. The van der Waals surface area contributed by atoms with E-state index in [0.29, 0.717) is 32.9 Å². The van der Waals surface area contributed by atoms with Crippen molar-refractivity contribution in [3.63, 3.8) is 0 Å². The first-order valence-corrected chi connectivity index (χ1v) is 12.3. The third-order valence-electron chi connectivity index (χ3n) is 5.17. The fourth-order valence-electron chi connectivity index (χ4n) is 3.55. The molecule has 0 saturated carbocycles. The van der Waals surface area contributed by atoms with E-state index in [2.05, 4.69) is 15.5 Å². The smallest absolute Gasteiger partial charge is 0.273 e. The lowest BCUT2D eigenvalue weighted by Crippen LogP contribution is -2.23. The molecule has 0 unspecified atom stereocenters. The van der Waals surface area contributed by atoms with Gasteiger partial charge in [-0.2, -0.15) is 0 Å². The molecule has 1 amide bonds. The van der Waals surface area contributed by atoms with Crippen molar-refractivity contribution in [2.24, 2.45) is 0 Å². The second kappa shape index (κ2) is 9.01.